The number of fused-ring (bicyclic) bond motifs is 1. The van der Waals surface area contributed by atoms with Gasteiger partial charge in [-0.05, 0) is 36.7 Å². The van der Waals surface area contributed by atoms with Crippen LogP contribution in [0.4, 0.5) is 11.6 Å². The molecule has 4 aromatic heterocycles. The number of pyridine rings is 2. The number of hydrogen-bond acceptors (Lipinski definition) is 6. The molecule has 1 N–H and O–H groups in total. The molecule has 0 unspecified atom stereocenters. The number of rotatable bonds is 8. The van der Waals surface area contributed by atoms with Gasteiger partial charge in [-0.2, -0.15) is 10.4 Å². The van der Waals surface area contributed by atoms with Crippen molar-refractivity contribution in [2.45, 2.75) is 39.3 Å². The molecule has 8 nitrogen and oxygen atoms in total. The smallest absolute Gasteiger partial charge is 0.172 e. The maximum absolute atomic E-state index is 9.90. The highest BCUT2D eigenvalue weighted by atomic mass is 35.5. The van der Waals surface area contributed by atoms with E-state index in [0.29, 0.717) is 41.2 Å². The zero-order valence-electron chi connectivity index (χ0n) is 20.1. The second kappa shape index (κ2) is 9.58. The van der Waals surface area contributed by atoms with E-state index in [2.05, 4.69) is 41.1 Å². The summed E-state index contributed by atoms with van der Waals surface area (Å²) in [6.07, 6.45) is 5.28. The van der Waals surface area contributed by atoms with Gasteiger partial charge >= 0.3 is 0 Å². The second-order valence-electron chi connectivity index (χ2n) is 9.57. The van der Waals surface area contributed by atoms with Gasteiger partial charge < -0.3 is 14.6 Å². The molecule has 176 valence electrons. The summed E-state index contributed by atoms with van der Waals surface area (Å²) >= 11 is 6.32. The van der Waals surface area contributed by atoms with Crippen molar-refractivity contribution >= 4 is 42.3 Å². The van der Waals surface area contributed by atoms with E-state index in [4.69, 9.17) is 21.3 Å². The van der Waals surface area contributed by atoms with Crippen molar-refractivity contribution < 1.29 is 4.74 Å². The Bertz CT molecular complexity index is 1380. The number of halogens is 1. The largest absolute Gasteiger partial charge is 0.361 e. The van der Waals surface area contributed by atoms with Crippen LogP contribution < -0.4 is 5.32 Å². The molecule has 0 radical (unpaired) electrons. The molecule has 4 aromatic rings. The summed E-state index contributed by atoms with van der Waals surface area (Å²) in [6.45, 7) is 9.95. The summed E-state index contributed by atoms with van der Waals surface area (Å²) in [5, 5.41) is 18.7. The van der Waals surface area contributed by atoms with E-state index in [1.54, 1.807) is 30.3 Å². The molecular formula is C24H28ClN7OSi. The fourth-order valence-corrected chi connectivity index (χ4v) is 4.61. The minimum atomic E-state index is -1.21. The summed E-state index contributed by atoms with van der Waals surface area (Å²) in [7, 11) is 0.597. The molecule has 4 rings (SSSR count). The Morgan fingerprint density at radius 2 is 2.03 bits per heavy atom. The maximum atomic E-state index is 9.90. The fraction of sp³-hybridized carbons (Fsp3) is 0.333. The maximum Gasteiger partial charge on any atom is 0.172 e. The topological polar surface area (TPSA) is 93.6 Å². The lowest BCUT2D eigenvalue weighted by atomic mass is 10.0. The first kappa shape index (κ1) is 23.9. The van der Waals surface area contributed by atoms with Crippen LogP contribution in [0.3, 0.4) is 0 Å². The number of nitrogens with one attached hydrogen (secondary N) is 1. The van der Waals surface area contributed by atoms with Gasteiger partial charge in [0, 0.05) is 51.3 Å². The summed E-state index contributed by atoms with van der Waals surface area (Å²) in [4.78, 5) is 9.39. The first-order valence-corrected chi connectivity index (χ1v) is 15.1. The third-order valence-corrected chi connectivity index (χ3v) is 7.38. The number of anilines is 2. The predicted octanol–water partition coefficient (Wildman–Crippen LogP) is 5.72. The van der Waals surface area contributed by atoms with Crippen molar-refractivity contribution in [1.29, 1.82) is 5.26 Å². The molecule has 0 saturated heterocycles. The number of ether oxygens (including phenoxy) is 1. The van der Waals surface area contributed by atoms with Crippen molar-refractivity contribution in [3.8, 4) is 17.3 Å². The molecule has 0 amide bonds. The Hall–Kier alpha value is -3.19. The summed E-state index contributed by atoms with van der Waals surface area (Å²) < 4.78 is 9.49. The Balaban J connectivity index is 1.81. The zero-order valence-corrected chi connectivity index (χ0v) is 21.8. The average molecular weight is 494 g/mol. The highest BCUT2D eigenvalue weighted by molar-refractivity contribution is 6.76. The summed E-state index contributed by atoms with van der Waals surface area (Å²) in [6, 6.07) is 9.20. The van der Waals surface area contributed by atoms with Crippen LogP contribution in [-0.2, 0) is 18.5 Å². The number of hydrogen-bond donors (Lipinski definition) is 1. The minimum Gasteiger partial charge on any atom is -0.361 e. The molecule has 0 fully saturated rings. The van der Waals surface area contributed by atoms with Crippen LogP contribution in [0, 0.1) is 18.3 Å². The third kappa shape index (κ3) is 5.30. The normalized spacial score (nSPS) is 11.7. The highest BCUT2D eigenvalue weighted by Gasteiger charge is 2.19. The molecule has 10 heteroatoms. The first-order chi connectivity index (χ1) is 16.1. The standard InChI is InChI=1S/C24H28ClN7OSi/c1-16-6-7-27-20(10-16)18-11-21(28-23-19(25)14-31(2)30-23)29-24-22(18)17(12-26)13-32(24)15-33-8-9-34(3,4)5/h6-7,10-11,13-14H,8-9,15H2,1-5H3,(H,28,29,30). The molecule has 0 aliphatic rings. The molecular weight excluding hydrogens is 466 g/mol. The van der Waals surface area contributed by atoms with Crippen LogP contribution in [0.25, 0.3) is 22.3 Å². The molecule has 0 spiro atoms. The Morgan fingerprint density at radius 1 is 1.24 bits per heavy atom. The van der Waals surface area contributed by atoms with Gasteiger partial charge in [0.1, 0.15) is 29.3 Å². The van der Waals surface area contributed by atoms with Gasteiger partial charge in [-0.15, -0.1) is 0 Å². The minimum absolute atomic E-state index is 0.310. The van der Waals surface area contributed by atoms with Crippen LogP contribution in [0.1, 0.15) is 11.1 Å². The molecule has 0 bridgehead atoms. The quantitative estimate of drug-likeness (QED) is 0.249. The Labute approximate surface area is 205 Å². The molecule has 0 aromatic carbocycles. The van der Waals surface area contributed by atoms with E-state index in [1.165, 1.54) is 0 Å². The lowest BCUT2D eigenvalue weighted by molar-refractivity contribution is 0.0899. The molecule has 0 atom stereocenters. The van der Waals surface area contributed by atoms with Crippen LogP contribution in [-0.4, -0.2) is 39.0 Å². The van der Waals surface area contributed by atoms with E-state index < -0.39 is 8.07 Å². The van der Waals surface area contributed by atoms with E-state index in [-0.39, 0.29) is 0 Å². The monoisotopic (exact) mass is 493 g/mol. The molecule has 0 saturated carbocycles. The van der Waals surface area contributed by atoms with E-state index in [0.717, 1.165) is 28.3 Å². The van der Waals surface area contributed by atoms with Crippen LogP contribution in [0.5, 0.6) is 0 Å². The van der Waals surface area contributed by atoms with Crippen molar-refractivity contribution in [3.05, 3.63) is 52.9 Å². The van der Waals surface area contributed by atoms with Gasteiger partial charge in [0.15, 0.2) is 5.82 Å². The fourth-order valence-electron chi connectivity index (χ4n) is 3.63. The highest BCUT2D eigenvalue weighted by Crippen LogP contribution is 2.34. The SMILES string of the molecule is Cc1ccnc(-c2cc(Nc3nn(C)cc3Cl)nc3c2c(C#N)cn3COCC[Si](C)(C)C)c1. The second-order valence-corrected chi connectivity index (χ2v) is 15.6. The van der Waals surface area contributed by atoms with Gasteiger partial charge in [0.2, 0.25) is 0 Å². The van der Waals surface area contributed by atoms with Crippen LogP contribution >= 0.6 is 11.6 Å². The zero-order chi connectivity index (χ0) is 24.5. The van der Waals surface area contributed by atoms with Crippen molar-refractivity contribution in [3.63, 3.8) is 0 Å². The number of aryl methyl sites for hydroxylation is 2. The predicted molar refractivity (Wildman–Crippen MR) is 138 cm³/mol. The van der Waals surface area contributed by atoms with E-state index >= 15 is 0 Å². The molecule has 4 heterocycles. The Morgan fingerprint density at radius 3 is 2.68 bits per heavy atom. The third-order valence-electron chi connectivity index (χ3n) is 5.40. The van der Waals surface area contributed by atoms with Gasteiger partial charge in [0.05, 0.1) is 11.3 Å². The van der Waals surface area contributed by atoms with Gasteiger partial charge in [-0.1, -0.05) is 31.2 Å². The lowest BCUT2D eigenvalue weighted by Crippen LogP contribution is -2.22. The average Bonchev–Trinajstić information content (AvgIpc) is 3.28. The van der Waals surface area contributed by atoms with Crippen molar-refractivity contribution in [1.82, 2.24) is 24.3 Å². The molecule has 0 aliphatic heterocycles. The summed E-state index contributed by atoms with van der Waals surface area (Å²) in [5.41, 5.74) is 3.80. The number of nitriles is 1. The Kier molecular flexibility index (Phi) is 6.75. The van der Waals surface area contributed by atoms with Crippen molar-refractivity contribution in [2.24, 2.45) is 7.05 Å². The summed E-state index contributed by atoms with van der Waals surface area (Å²) in [5.74, 6) is 1.06. The number of nitrogens with zero attached hydrogens (tertiary/aromatic N) is 6. The van der Waals surface area contributed by atoms with Gasteiger partial charge in [0.25, 0.3) is 0 Å². The van der Waals surface area contributed by atoms with Crippen LogP contribution in [0.2, 0.25) is 30.7 Å². The van der Waals surface area contributed by atoms with E-state index in [1.807, 2.05) is 29.7 Å². The van der Waals surface area contributed by atoms with Crippen LogP contribution in [0.15, 0.2) is 36.8 Å². The van der Waals surface area contributed by atoms with Gasteiger partial charge in [-0.25, -0.2) is 4.98 Å². The molecule has 34 heavy (non-hydrogen) atoms. The van der Waals surface area contributed by atoms with Crippen molar-refractivity contribution in [2.75, 3.05) is 11.9 Å². The lowest BCUT2D eigenvalue weighted by Gasteiger charge is -2.16. The van der Waals surface area contributed by atoms with E-state index in [9.17, 15) is 5.26 Å². The first-order valence-electron chi connectivity index (χ1n) is 11.1. The molecule has 0 aliphatic carbocycles. The number of aromatic nitrogens is 5. The van der Waals surface area contributed by atoms with Gasteiger partial charge in [-0.3, -0.25) is 9.67 Å².